The number of nitrogens with zero attached hydrogens (tertiary/aromatic N) is 3. The van der Waals surface area contributed by atoms with Crippen LogP contribution in [0.15, 0.2) is 85.0 Å². The Balaban J connectivity index is 1.43. The number of hydrogen-bond acceptors (Lipinski definition) is 4. The summed E-state index contributed by atoms with van der Waals surface area (Å²) in [5.74, 6) is 0.515. The van der Waals surface area contributed by atoms with Crippen LogP contribution in [0, 0.1) is 0 Å². The van der Waals surface area contributed by atoms with Crippen LogP contribution in [0.2, 0.25) is 0 Å². The molecule has 3 atom stereocenters. The minimum Gasteiger partial charge on any atom is -0.484 e. The fourth-order valence-electron chi connectivity index (χ4n) is 4.00. The van der Waals surface area contributed by atoms with Crippen molar-refractivity contribution in [3.63, 3.8) is 0 Å². The SMILES string of the molecule is CC(N)[C@H](Oc1ccc2c(cnn2C2C=CC(F)=CC2)c1)c1cnc2ccccc2c1. The predicted octanol–water partition coefficient (Wildman–Crippen LogP) is 5.41. The first-order valence-electron chi connectivity index (χ1n) is 10.4. The van der Waals surface area contributed by atoms with E-state index >= 15 is 0 Å². The van der Waals surface area contributed by atoms with Crippen LogP contribution in [0.1, 0.15) is 31.1 Å². The molecule has 0 fully saturated rings. The lowest BCUT2D eigenvalue weighted by Crippen LogP contribution is -2.29. The van der Waals surface area contributed by atoms with Crippen molar-refractivity contribution in [2.24, 2.45) is 5.73 Å². The van der Waals surface area contributed by atoms with Crippen molar-refractivity contribution in [3.05, 3.63) is 90.5 Å². The summed E-state index contributed by atoms with van der Waals surface area (Å²) in [4.78, 5) is 4.55. The van der Waals surface area contributed by atoms with E-state index in [1.165, 1.54) is 6.08 Å². The van der Waals surface area contributed by atoms with Crippen molar-refractivity contribution in [2.45, 2.75) is 31.5 Å². The highest BCUT2D eigenvalue weighted by molar-refractivity contribution is 5.81. The van der Waals surface area contributed by atoms with Crippen LogP contribution in [0.3, 0.4) is 0 Å². The van der Waals surface area contributed by atoms with Gasteiger partial charge in [-0.2, -0.15) is 5.10 Å². The first-order valence-corrected chi connectivity index (χ1v) is 10.4. The zero-order chi connectivity index (χ0) is 21.4. The number of fused-ring (bicyclic) bond motifs is 2. The average Bonchev–Trinajstić information content (AvgIpc) is 3.21. The molecule has 0 radical (unpaired) electrons. The number of pyridine rings is 1. The van der Waals surface area contributed by atoms with Gasteiger partial charge in [0.05, 0.1) is 23.3 Å². The lowest BCUT2D eigenvalue weighted by molar-refractivity contribution is 0.180. The number of hydrogen-bond donors (Lipinski definition) is 1. The molecule has 31 heavy (non-hydrogen) atoms. The summed E-state index contributed by atoms with van der Waals surface area (Å²) >= 11 is 0. The van der Waals surface area contributed by atoms with Gasteiger partial charge in [0.1, 0.15) is 17.7 Å². The van der Waals surface area contributed by atoms with Gasteiger partial charge in [-0.1, -0.05) is 24.3 Å². The van der Waals surface area contributed by atoms with Crippen molar-refractivity contribution in [1.82, 2.24) is 14.8 Å². The molecule has 5 rings (SSSR count). The van der Waals surface area contributed by atoms with Crippen LogP contribution >= 0.6 is 0 Å². The second-order valence-corrected chi connectivity index (χ2v) is 7.92. The van der Waals surface area contributed by atoms with Crippen LogP contribution in [0.4, 0.5) is 4.39 Å². The van der Waals surface area contributed by atoms with Crippen molar-refractivity contribution in [2.75, 3.05) is 0 Å². The summed E-state index contributed by atoms with van der Waals surface area (Å²) in [6, 6.07) is 15.7. The lowest BCUT2D eigenvalue weighted by atomic mass is 10.0. The smallest absolute Gasteiger partial charge is 0.140 e. The molecule has 2 aromatic heterocycles. The zero-order valence-corrected chi connectivity index (χ0v) is 17.1. The van der Waals surface area contributed by atoms with E-state index in [-0.39, 0.29) is 24.0 Å². The maximum Gasteiger partial charge on any atom is 0.140 e. The van der Waals surface area contributed by atoms with Crippen LogP contribution < -0.4 is 10.5 Å². The fourth-order valence-corrected chi connectivity index (χ4v) is 4.00. The van der Waals surface area contributed by atoms with E-state index in [1.54, 1.807) is 6.08 Å². The largest absolute Gasteiger partial charge is 0.484 e. The highest BCUT2D eigenvalue weighted by atomic mass is 19.1. The Morgan fingerprint density at radius 1 is 1.13 bits per heavy atom. The van der Waals surface area contributed by atoms with Gasteiger partial charge in [0.25, 0.3) is 0 Å². The summed E-state index contributed by atoms with van der Waals surface area (Å²) in [6.07, 6.45) is 8.80. The van der Waals surface area contributed by atoms with E-state index in [2.05, 4.69) is 16.1 Å². The molecule has 0 bridgehead atoms. The molecule has 0 amide bonds. The first-order chi connectivity index (χ1) is 15.1. The zero-order valence-electron chi connectivity index (χ0n) is 17.1. The summed E-state index contributed by atoms with van der Waals surface area (Å²) < 4.78 is 21.5. The Kier molecular flexibility index (Phi) is 5.00. The topological polar surface area (TPSA) is 66.0 Å². The van der Waals surface area contributed by atoms with Gasteiger partial charge < -0.3 is 10.5 Å². The van der Waals surface area contributed by atoms with Gasteiger partial charge in [-0.25, -0.2) is 4.39 Å². The molecular weight excluding hydrogens is 391 g/mol. The summed E-state index contributed by atoms with van der Waals surface area (Å²) in [7, 11) is 0. The molecule has 4 aromatic rings. The summed E-state index contributed by atoms with van der Waals surface area (Å²) in [5.41, 5.74) is 9.12. The van der Waals surface area contributed by atoms with Crippen LogP contribution in [0.5, 0.6) is 5.75 Å². The Morgan fingerprint density at radius 3 is 2.81 bits per heavy atom. The van der Waals surface area contributed by atoms with Gasteiger partial charge in [0.2, 0.25) is 0 Å². The molecule has 0 saturated heterocycles. The van der Waals surface area contributed by atoms with Crippen molar-refractivity contribution in [1.29, 1.82) is 0 Å². The van der Waals surface area contributed by atoms with Crippen LogP contribution in [-0.2, 0) is 0 Å². The number of nitrogens with two attached hydrogens (primary N) is 1. The standard InChI is InChI=1S/C25H23FN4O/c1-16(27)25(19-12-17-4-2-3-5-23(17)28-14-19)31-22-10-11-24-18(13-22)15-29-30(24)21-8-6-20(26)7-9-21/h2-8,10-16,21,25H,9,27H2,1H3/t16?,21?,25-/m0/s1. The molecule has 1 aliphatic rings. The third-order valence-electron chi connectivity index (χ3n) is 5.59. The molecule has 5 nitrogen and oxygen atoms in total. The molecule has 0 saturated carbocycles. The summed E-state index contributed by atoms with van der Waals surface area (Å²) in [6.45, 7) is 1.93. The number of halogens is 1. The maximum absolute atomic E-state index is 13.3. The number of ether oxygens (including phenoxy) is 1. The van der Waals surface area contributed by atoms with Gasteiger partial charge >= 0.3 is 0 Å². The number of benzene rings is 2. The van der Waals surface area contributed by atoms with Crippen molar-refractivity contribution >= 4 is 21.8 Å². The van der Waals surface area contributed by atoms with E-state index in [9.17, 15) is 4.39 Å². The number of allylic oxidation sites excluding steroid dienone is 4. The maximum atomic E-state index is 13.3. The third-order valence-corrected chi connectivity index (χ3v) is 5.59. The fraction of sp³-hybridized carbons (Fsp3) is 0.200. The molecule has 6 heteroatoms. The van der Waals surface area contributed by atoms with Gasteiger partial charge in [0.15, 0.2) is 0 Å². The van der Waals surface area contributed by atoms with E-state index in [1.807, 2.05) is 72.5 Å². The Hall–Kier alpha value is -3.51. The normalized spacial score (nSPS) is 18.2. The number of rotatable bonds is 5. The molecule has 2 unspecified atom stereocenters. The Bertz CT molecular complexity index is 1310. The second kappa shape index (κ2) is 7.96. The predicted molar refractivity (Wildman–Crippen MR) is 120 cm³/mol. The Morgan fingerprint density at radius 2 is 2.00 bits per heavy atom. The van der Waals surface area contributed by atoms with Gasteiger partial charge in [-0.15, -0.1) is 0 Å². The highest BCUT2D eigenvalue weighted by Crippen LogP contribution is 2.31. The molecule has 156 valence electrons. The molecule has 2 aromatic carbocycles. The first kappa shape index (κ1) is 19.5. The van der Waals surface area contributed by atoms with Crippen LogP contribution in [0.25, 0.3) is 21.8 Å². The van der Waals surface area contributed by atoms with Crippen molar-refractivity contribution < 1.29 is 9.13 Å². The second-order valence-electron chi connectivity index (χ2n) is 7.92. The Labute approximate surface area is 179 Å². The van der Waals surface area contributed by atoms with Crippen LogP contribution in [-0.4, -0.2) is 20.8 Å². The number of para-hydroxylation sites is 1. The van der Waals surface area contributed by atoms with E-state index in [0.717, 1.165) is 27.4 Å². The monoisotopic (exact) mass is 414 g/mol. The number of aromatic nitrogens is 3. The molecular formula is C25H23FN4O. The van der Waals surface area contributed by atoms with E-state index in [4.69, 9.17) is 10.5 Å². The van der Waals surface area contributed by atoms with Gasteiger partial charge in [0, 0.05) is 28.6 Å². The molecule has 2 heterocycles. The molecule has 0 spiro atoms. The van der Waals surface area contributed by atoms with Gasteiger partial charge in [-0.3, -0.25) is 9.67 Å². The lowest BCUT2D eigenvalue weighted by Gasteiger charge is -2.23. The summed E-state index contributed by atoms with van der Waals surface area (Å²) in [5, 5.41) is 6.53. The molecule has 0 aliphatic heterocycles. The van der Waals surface area contributed by atoms with Gasteiger partial charge in [-0.05, 0) is 55.8 Å². The quantitative estimate of drug-likeness (QED) is 0.474. The minimum atomic E-state index is -0.334. The molecule has 2 N–H and O–H groups in total. The average molecular weight is 414 g/mol. The van der Waals surface area contributed by atoms with E-state index in [0.29, 0.717) is 12.2 Å². The van der Waals surface area contributed by atoms with Crippen molar-refractivity contribution in [3.8, 4) is 5.75 Å². The van der Waals surface area contributed by atoms with E-state index < -0.39 is 0 Å². The molecule has 1 aliphatic carbocycles. The minimum absolute atomic E-state index is 0.00394. The third kappa shape index (κ3) is 3.82. The highest BCUT2D eigenvalue weighted by Gasteiger charge is 2.20.